The van der Waals surface area contributed by atoms with E-state index in [0.717, 1.165) is 6.42 Å². The fraction of sp³-hybridized carbons (Fsp3) is 0.154. The Morgan fingerprint density at radius 2 is 2.08 bits per heavy atom. The molecule has 0 saturated heterocycles. The third kappa shape index (κ3) is 3.14. The van der Waals surface area contributed by atoms with Gasteiger partial charge in [0.2, 0.25) is 0 Å². The van der Waals surface area contributed by atoms with Gasteiger partial charge in [-0.15, -0.1) is 12.3 Å². The summed E-state index contributed by atoms with van der Waals surface area (Å²) < 4.78 is 0. The predicted molar refractivity (Wildman–Crippen MR) is 58.4 cm³/mol. The fourth-order valence-electron chi connectivity index (χ4n) is 1.07. The molecule has 0 spiro atoms. The van der Waals surface area contributed by atoms with Gasteiger partial charge in [-0.2, -0.15) is 0 Å². The van der Waals surface area contributed by atoms with E-state index in [0.29, 0.717) is 0 Å². The average molecular weight is 170 g/mol. The van der Waals surface area contributed by atoms with Crippen LogP contribution in [0.3, 0.4) is 0 Å². The van der Waals surface area contributed by atoms with Crippen LogP contribution in [0.5, 0.6) is 0 Å². The van der Waals surface area contributed by atoms with E-state index >= 15 is 0 Å². The number of rotatable bonds is 3. The van der Waals surface area contributed by atoms with Crippen molar-refractivity contribution in [1.82, 2.24) is 0 Å². The summed E-state index contributed by atoms with van der Waals surface area (Å²) in [7, 11) is 0. The largest absolute Gasteiger partial charge is 0.121 e. The summed E-state index contributed by atoms with van der Waals surface area (Å²) in [6.07, 6.45) is 4.74. The van der Waals surface area contributed by atoms with Crippen LogP contribution < -0.4 is 0 Å². The second kappa shape index (κ2) is 5.18. The van der Waals surface area contributed by atoms with E-state index in [-0.39, 0.29) is 0 Å². The van der Waals surface area contributed by atoms with E-state index in [4.69, 9.17) is 0 Å². The monoisotopic (exact) mass is 170 g/mol. The maximum absolute atomic E-state index is 3.65. The van der Waals surface area contributed by atoms with Gasteiger partial charge in [-0.1, -0.05) is 36.4 Å². The number of benzene rings is 1. The lowest BCUT2D eigenvalue weighted by Crippen LogP contribution is -1.74. The smallest absolute Gasteiger partial charge is 0.00222 e. The molecule has 0 unspecified atom stereocenters. The van der Waals surface area contributed by atoms with Crippen LogP contribution in [0, 0.1) is 0 Å². The summed E-state index contributed by atoms with van der Waals surface area (Å²) in [4.78, 5) is 0. The highest BCUT2D eigenvalue weighted by atomic mass is 13.9. The van der Waals surface area contributed by atoms with Crippen molar-refractivity contribution < 1.29 is 0 Å². The average Bonchev–Trinajstić information content (AvgIpc) is 2.19. The quantitative estimate of drug-likeness (QED) is 0.478. The van der Waals surface area contributed by atoms with Crippen LogP contribution in [0.25, 0.3) is 5.57 Å². The number of allylic oxidation sites excluding steroid dienone is 2. The van der Waals surface area contributed by atoms with Gasteiger partial charge < -0.3 is 0 Å². The second-order valence-corrected chi connectivity index (χ2v) is 2.86. The number of hydrogen-bond acceptors (Lipinski definition) is 0. The van der Waals surface area contributed by atoms with Gasteiger partial charge in [-0.05, 0) is 30.6 Å². The molecule has 1 aromatic rings. The molecule has 0 aliphatic rings. The molecular formula is C13H14. The van der Waals surface area contributed by atoms with E-state index in [1.165, 1.54) is 11.1 Å². The SMILES string of the molecule is C=CCC=C=C(C)c1ccccc1. The van der Waals surface area contributed by atoms with Crippen LogP contribution in [0.1, 0.15) is 18.9 Å². The summed E-state index contributed by atoms with van der Waals surface area (Å²) in [5.74, 6) is 0. The molecule has 0 atom stereocenters. The van der Waals surface area contributed by atoms with Crippen molar-refractivity contribution in [1.29, 1.82) is 0 Å². The molecule has 0 aliphatic carbocycles. The molecule has 0 amide bonds. The van der Waals surface area contributed by atoms with E-state index in [9.17, 15) is 0 Å². The molecule has 0 fully saturated rings. The minimum Gasteiger partial charge on any atom is -0.121 e. The summed E-state index contributed by atoms with van der Waals surface area (Å²) in [6, 6.07) is 10.3. The maximum atomic E-state index is 3.65. The highest BCUT2D eigenvalue weighted by Crippen LogP contribution is 2.10. The first-order valence-electron chi connectivity index (χ1n) is 4.42. The zero-order valence-electron chi connectivity index (χ0n) is 7.96. The van der Waals surface area contributed by atoms with Gasteiger partial charge in [0.1, 0.15) is 0 Å². The fourth-order valence-corrected chi connectivity index (χ4v) is 1.07. The first-order valence-corrected chi connectivity index (χ1v) is 4.42. The molecule has 0 N–H and O–H groups in total. The summed E-state index contributed by atoms with van der Waals surface area (Å²) in [5.41, 5.74) is 5.61. The Bertz CT molecular complexity index is 324. The lowest BCUT2D eigenvalue weighted by molar-refractivity contribution is 1.41. The molecule has 1 aromatic carbocycles. The maximum Gasteiger partial charge on any atom is -0.00222 e. The molecule has 66 valence electrons. The molecule has 0 heterocycles. The topological polar surface area (TPSA) is 0 Å². The Morgan fingerprint density at radius 1 is 1.38 bits per heavy atom. The normalized spacial score (nSPS) is 8.69. The van der Waals surface area contributed by atoms with Gasteiger partial charge in [0.15, 0.2) is 0 Å². The van der Waals surface area contributed by atoms with Gasteiger partial charge >= 0.3 is 0 Å². The van der Waals surface area contributed by atoms with Crippen molar-refractivity contribution in [3.63, 3.8) is 0 Å². The van der Waals surface area contributed by atoms with Gasteiger partial charge in [-0.25, -0.2) is 0 Å². The Morgan fingerprint density at radius 3 is 2.69 bits per heavy atom. The predicted octanol–water partition coefficient (Wildman–Crippen LogP) is 3.82. The Labute approximate surface area is 79.9 Å². The van der Waals surface area contributed by atoms with Crippen LogP contribution in [-0.2, 0) is 0 Å². The van der Waals surface area contributed by atoms with Crippen LogP contribution in [0.4, 0.5) is 0 Å². The van der Waals surface area contributed by atoms with Gasteiger partial charge in [0, 0.05) is 0 Å². The molecule has 0 nitrogen and oxygen atoms in total. The zero-order chi connectivity index (χ0) is 9.52. The highest BCUT2D eigenvalue weighted by Gasteiger charge is 1.89. The summed E-state index contributed by atoms with van der Waals surface area (Å²) >= 11 is 0. The van der Waals surface area contributed by atoms with E-state index in [2.05, 4.69) is 31.4 Å². The van der Waals surface area contributed by atoms with E-state index in [1.54, 1.807) is 0 Å². The number of hydrogen-bond donors (Lipinski definition) is 0. The van der Waals surface area contributed by atoms with Gasteiger partial charge in [-0.3, -0.25) is 0 Å². The molecule has 0 bridgehead atoms. The van der Waals surface area contributed by atoms with Crippen LogP contribution in [0.2, 0.25) is 0 Å². The Balaban J connectivity index is 2.84. The molecule has 0 aromatic heterocycles. The van der Waals surface area contributed by atoms with Crippen molar-refractivity contribution in [2.75, 3.05) is 0 Å². The van der Waals surface area contributed by atoms with Gasteiger partial charge in [0.25, 0.3) is 0 Å². The zero-order valence-corrected chi connectivity index (χ0v) is 7.96. The van der Waals surface area contributed by atoms with Crippen LogP contribution in [-0.4, -0.2) is 0 Å². The molecule has 1 rings (SSSR count). The summed E-state index contributed by atoms with van der Waals surface area (Å²) in [6.45, 7) is 5.71. The Hall–Kier alpha value is -1.52. The van der Waals surface area contributed by atoms with Crippen LogP contribution in [0.15, 0.2) is 54.8 Å². The van der Waals surface area contributed by atoms with Crippen molar-refractivity contribution in [2.45, 2.75) is 13.3 Å². The van der Waals surface area contributed by atoms with Crippen molar-refractivity contribution in [2.24, 2.45) is 0 Å². The van der Waals surface area contributed by atoms with E-state index < -0.39 is 0 Å². The third-order valence-corrected chi connectivity index (χ3v) is 1.81. The lowest BCUT2D eigenvalue weighted by atomic mass is 10.1. The molecule has 13 heavy (non-hydrogen) atoms. The molecule has 0 aliphatic heterocycles. The van der Waals surface area contributed by atoms with Gasteiger partial charge in [0.05, 0.1) is 0 Å². The lowest BCUT2D eigenvalue weighted by Gasteiger charge is -1.95. The highest BCUT2D eigenvalue weighted by molar-refractivity contribution is 5.62. The molecule has 0 heteroatoms. The van der Waals surface area contributed by atoms with E-state index in [1.807, 2.05) is 30.4 Å². The van der Waals surface area contributed by atoms with Crippen molar-refractivity contribution in [3.05, 3.63) is 60.4 Å². The van der Waals surface area contributed by atoms with Crippen molar-refractivity contribution in [3.8, 4) is 0 Å². The minimum absolute atomic E-state index is 0.879. The summed E-state index contributed by atoms with van der Waals surface area (Å²) in [5, 5.41) is 0. The first kappa shape index (κ1) is 9.57. The minimum atomic E-state index is 0.879. The van der Waals surface area contributed by atoms with Crippen molar-refractivity contribution >= 4 is 5.57 Å². The molecule has 0 radical (unpaired) electrons. The molecular weight excluding hydrogens is 156 g/mol. The molecule has 0 saturated carbocycles. The standard InChI is InChI=1S/C13H14/c1-3-4-6-9-12(2)13-10-7-5-8-11-13/h3,5-8,10-11H,1,4H2,2H3. The first-order chi connectivity index (χ1) is 6.34. The second-order valence-electron chi connectivity index (χ2n) is 2.86. The third-order valence-electron chi connectivity index (χ3n) is 1.81. The Kier molecular flexibility index (Phi) is 3.81. The van der Waals surface area contributed by atoms with Crippen LogP contribution >= 0.6 is 0 Å².